The van der Waals surface area contributed by atoms with Gasteiger partial charge in [0.1, 0.15) is 18.8 Å². The van der Waals surface area contributed by atoms with Crippen LogP contribution in [0.2, 0.25) is 0 Å². The Labute approximate surface area is 397 Å². The molecule has 3 heterocycles. The Hall–Kier alpha value is -1.50. The maximum Gasteiger partial charge on any atom is 0.332 e. The second-order valence-electron chi connectivity index (χ2n) is 20.6. The molecular formula is C51H94O15. The van der Waals surface area contributed by atoms with E-state index in [0.29, 0.717) is 12.8 Å². The lowest BCUT2D eigenvalue weighted by Gasteiger charge is -2.47. The first kappa shape index (κ1) is 58.8. The molecule has 6 N–H and O–H groups in total. The summed E-state index contributed by atoms with van der Waals surface area (Å²) in [5, 5.41) is 63.4. The second-order valence-corrected chi connectivity index (χ2v) is 20.6. The summed E-state index contributed by atoms with van der Waals surface area (Å²) in [6.07, 6.45) is 10.3. The molecule has 0 aromatic carbocycles. The van der Waals surface area contributed by atoms with Crippen molar-refractivity contribution in [1.29, 1.82) is 0 Å². The molecule has 3 aliphatic rings. The number of aliphatic carboxylic acids is 1. The van der Waals surface area contributed by atoms with Crippen LogP contribution in [-0.2, 0) is 42.7 Å². The molecule has 0 saturated carbocycles. The molecule has 3 aliphatic heterocycles. The van der Waals surface area contributed by atoms with Crippen molar-refractivity contribution < 1.29 is 73.4 Å². The number of unbranched alkanes of at least 4 members (excludes halogenated alkanes) is 13. The predicted molar refractivity (Wildman–Crippen MR) is 250 cm³/mol. The number of carbonyl (C=O) groups excluding carboxylic acids is 1. The van der Waals surface area contributed by atoms with Crippen molar-refractivity contribution in [3.63, 3.8) is 0 Å². The van der Waals surface area contributed by atoms with Gasteiger partial charge in [-0.3, -0.25) is 4.79 Å². The number of carboxylic acids is 1. The van der Waals surface area contributed by atoms with Crippen molar-refractivity contribution in [1.82, 2.24) is 0 Å². The van der Waals surface area contributed by atoms with Gasteiger partial charge in [0.05, 0.1) is 49.8 Å². The molecule has 0 radical (unpaired) electrons. The Morgan fingerprint density at radius 1 is 0.606 bits per heavy atom. The molecule has 3 saturated heterocycles. The van der Waals surface area contributed by atoms with Gasteiger partial charge < -0.3 is 63.8 Å². The summed E-state index contributed by atoms with van der Waals surface area (Å²) in [4.78, 5) is 23.1. The summed E-state index contributed by atoms with van der Waals surface area (Å²) in [7, 11) is 0. The molecule has 0 amide bonds. The summed E-state index contributed by atoms with van der Waals surface area (Å²) in [5.41, 5.74) is 0. The lowest BCUT2D eigenvalue weighted by molar-refractivity contribution is -0.369. The highest BCUT2D eigenvalue weighted by Crippen LogP contribution is 2.36. The third-order valence-corrected chi connectivity index (χ3v) is 14.0. The maximum absolute atomic E-state index is 12.4. The second kappa shape index (κ2) is 32.4. The molecule has 66 heavy (non-hydrogen) atoms. The van der Waals surface area contributed by atoms with Gasteiger partial charge in [-0.25, -0.2) is 4.79 Å². The van der Waals surface area contributed by atoms with E-state index in [1.54, 1.807) is 0 Å². The third-order valence-electron chi connectivity index (χ3n) is 14.0. The fraction of sp³-hybridized carbons (Fsp3) is 0.961. The SMILES string of the molecule is CCCCCCC(CCCC(O)CCCCCCCCCCCCCC(O)C(=O)O)OC1OCC(C)C(O)C1OC1OCC(C)C(O)C1OC1OC(COC(=O)CC(C)C)C(C)C(O)C1C. The van der Waals surface area contributed by atoms with Gasteiger partial charge in [-0.05, 0) is 44.4 Å². The van der Waals surface area contributed by atoms with Crippen LogP contribution in [0.3, 0.4) is 0 Å². The average molecular weight is 947 g/mol. The molecule has 15 nitrogen and oxygen atoms in total. The summed E-state index contributed by atoms with van der Waals surface area (Å²) in [6, 6.07) is 0. The fourth-order valence-corrected chi connectivity index (χ4v) is 9.30. The number of rotatable bonds is 34. The van der Waals surface area contributed by atoms with Crippen molar-refractivity contribution in [2.45, 2.75) is 264 Å². The van der Waals surface area contributed by atoms with Crippen molar-refractivity contribution in [2.75, 3.05) is 19.8 Å². The molecule has 0 bridgehead atoms. The Morgan fingerprint density at radius 3 is 1.67 bits per heavy atom. The van der Waals surface area contributed by atoms with E-state index in [2.05, 4.69) is 6.92 Å². The van der Waals surface area contributed by atoms with E-state index in [4.69, 9.17) is 38.3 Å². The Bertz CT molecular complexity index is 1290. The third kappa shape index (κ3) is 21.2. The quantitative estimate of drug-likeness (QED) is 0.0268. The zero-order valence-electron chi connectivity index (χ0n) is 41.9. The molecule has 0 aromatic heterocycles. The topological polar surface area (TPSA) is 220 Å². The van der Waals surface area contributed by atoms with Crippen molar-refractivity contribution in [3.05, 3.63) is 0 Å². The van der Waals surface area contributed by atoms with E-state index < -0.39 is 73.5 Å². The first-order valence-electron chi connectivity index (χ1n) is 26.2. The highest BCUT2D eigenvalue weighted by Gasteiger charge is 2.50. The van der Waals surface area contributed by atoms with Gasteiger partial charge in [-0.2, -0.15) is 0 Å². The maximum atomic E-state index is 12.4. The van der Waals surface area contributed by atoms with Gasteiger partial charge in [0.25, 0.3) is 0 Å². The zero-order chi connectivity index (χ0) is 48.6. The molecule has 0 aliphatic carbocycles. The highest BCUT2D eigenvalue weighted by molar-refractivity contribution is 5.71. The van der Waals surface area contributed by atoms with Crippen molar-refractivity contribution in [2.24, 2.45) is 29.6 Å². The molecule has 3 fully saturated rings. The van der Waals surface area contributed by atoms with E-state index >= 15 is 0 Å². The summed E-state index contributed by atoms with van der Waals surface area (Å²) in [6.45, 7) is 13.9. The van der Waals surface area contributed by atoms with Gasteiger partial charge in [-0.1, -0.05) is 145 Å². The van der Waals surface area contributed by atoms with E-state index in [1.165, 1.54) is 25.7 Å². The lowest BCUT2D eigenvalue weighted by atomic mass is 9.86. The summed E-state index contributed by atoms with van der Waals surface area (Å²) < 4.78 is 44.1. The molecule has 16 atom stereocenters. The summed E-state index contributed by atoms with van der Waals surface area (Å²) >= 11 is 0. The van der Waals surface area contributed by atoms with Gasteiger partial charge in [0.15, 0.2) is 25.0 Å². The normalized spacial score (nSPS) is 32.0. The Balaban J connectivity index is 1.52. The number of carboxylic acid groups (broad SMARTS) is 1. The first-order valence-corrected chi connectivity index (χ1v) is 26.2. The number of carbonyl (C=O) groups is 2. The largest absolute Gasteiger partial charge is 0.479 e. The van der Waals surface area contributed by atoms with Crippen molar-refractivity contribution >= 4 is 11.9 Å². The highest BCUT2D eigenvalue weighted by atomic mass is 16.8. The molecule has 0 aromatic rings. The van der Waals surface area contributed by atoms with Crippen molar-refractivity contribution in [3.8, 4) is 0 Å². The first-order chi connectivity index (χ1) is 31.5. The van der Waals surface area contributed by atoms with Crippen LogP contribution >= 0.6 is 0 Å². The predicted octanol–water partition coefficient (Wildman–Crippen LogP) is 7.81. The van der Waals surface area contributed by atoms with Crippen LogP contribution in [0.4, 0.5) is 0 Å². The van der Waals surface area contributed by atoms with E-state index in [9.17, 15) is 35.1 Å². The van der Waals surface area contributed by atoms with Crippen LogP contribution < -0.4 is 0 Å². The smallest absolute Gasteiger partial charge is 0.332 e. The van der Waals surface area contributed by atoms with Crippen LogP contribution in [0.1, 0.15) is 190 Å². The van der Waals surface area contributed by atoms with E-state index in [0.717, 1.165) is 96.3 Å². The van der Waals surface area contributed by atoms with Crippen LogP contribution in [0.25, 0.3) is 0 Å². The Morgan fingerprint density at radius 2 is 1.09 bits per heavy atom. The van der Waals surface area contributed by atoms with E-state index in [-0.39, 0.29) is 68.1 Å². The monoisotopic (exact) mass is 947 g/mol. The molecule has 16 unspecified atom stereocenters. The van der Waals surface area contributed by atoms with Crippen LogP contribution in [-0.4, -0.2) is 136 Å². The number of hydrogen-bond donors (Lipinski definition) is 6. The number of aliphatic hydroxyl groups excluding tert-OH is 5. The van der Waals surface area contributed by atoms with Crippen LogP contribution in [0, 0.1) is 29.6 Å². The molecule has 15 heteroatoms. The minimum absolute atomic E-state index is 0.0447. The van der Waals surface area contributed by atoms with E-state index in [1.807, 2.05) is 41.5 Å². The number of hydrogen-bond acceptors (Lipinski definition) is 14. The lowest BCUT2D eigenvalue weighted by Crippen LogP contribution is -2.60. The van der Waals surface area contributed by atoms with Gasteiger partial charge >= 0.3 is 11.9 Å². The Kier molecular flexibility index (Phi) is 28.9. The zero-order valence-corrected chi connectivity index (χ0v) is 41.9. The fourth-order valence-electron chi connectivity index (χ4n) is 9.30. The minimum Gasteiger partial charge on any atom is -0.479 e. The van der Waals surface area contributed by atoms with Crippen LogP contribution in [0.15, 0.2) is 0 Å². The molecule has 0 spiro atoms. The average Bonchev–Trinajstić information content (AvgIpc) is 3.27. The summed E-state index contributed by atoms with van der Waals surface area (Å²) in [5.74, 6) is -2.77. The van der Waals surface area contributed by atoms with Gasteiger partial charge in [-0.15, -0.1) is 0 Å². The molecule has 3 rings (SSSR count). The van der Waals surface area contributed by atoms with Crippen LogP contribution in [0.5, 0.6) is 0 Å². The number of ether oxygens (including phenoxy) is 7. The molecule has 388 valence electrons. The van der Waals surface area contributed by atoms with Gasteiger partial charge in [0, 0.05) is 30.1 Å². The van der Waals surface area contributed by atoms with Gasteiger partial charge in [0.2, 0.25) is 0 Å². The standard InChI is InChI=1S/C51H94O15/c1-8-9-10-21-26-39(27-23-25-38(52)24-20-18-16-14-12-11-13-15-17-19-22-28-40(53)48(58)59)63-50-46(43(55)34(4)30-61-50)66-51-47(44(56)35(5)31-62-51)65-49-37(7)45(57)36(6)41(64-49)32-60-42(54)29-33(2)3/h33-41,43-47,49-53,55-57H,8-32H2,1-7H3,(H,58,59). The minimum atomic E-state index is -1.24. The number of aliphatic hydroxyl groups is 5. The molecular weight excluding hydrogens is 853 g/mol. The number of esters is 1.